The molecule has 0 spiro atoms. The van der Waals surface area contributed by atoms with Crippen LogP contribution in [-0.2, 0) is 17.9 Å². The Morgan fingerprint density at radius 3 is 2.82 bits per heavy atom. The van der Waals surface area contributed by atoms with E-state index in [1.165, 1.54) is 0 Å². The third kappa shape index (κ3) is 4.84. The molecule has 1 atom stereocenters. The van der Waals surface area contributed by atoms with Crippen molar-refractivity contribution in [3.8, 4) is 0 Å². The number of nitrogens with one attached hydrogen (secondary N) is 1. The number of hydrogen-bond acceptors (Lipinski definition) is 3. The molecule has 6 nitrogen and oxygen atoms in total. The van der Waals surface area contributed by atoms with Crippen LogP contribution in [0, 0.1) is 12.8 Å². The molecule has 22 heavy (non-hydrogen) atoms. The molecule has 0 aliphatic rings. The van der Waals surface area contributed by atoms with Crippen LogP contribution in [0.2, 0.25) is 5.02 Å². The minimum absolute atomic E-state index is 0.0180. The second-order valence-corrected chi connectivity index (χ2v) is 6.54. The van der Waals surface area contributed by atoms with Gasteiger partial charge in [-0.2, -0.15) is 10.2 Å². The van der Waals surface area contributed by atoms with Crippen molar-refractivity contribution in [3.63, 3.8) is 0 Å². The van der Waals surface area contributed by atoms with Gasteiger partial charge in [-0.25, -0.2) is 0 Å². The molecule has 2 heterocycles. The summed E-state index contributed by atoms with van der Waals surface area (Å²) in [6, 6.07) is 0. The maximum absolute atomic E-state index is 12.0. The molecule has 0 aliphatic heterocycles. The Bertz CT molecular complexity index is 619. The number of carbonyl (C=O) groups excluding carboxylic acids is 1. The Morgan fingerprint density at radius 1 is 1.45 bits per heavy atom. The minimum atomic E-state index is -0.156. The van der Waals surface area contributed by atoms with E-state index < -0.39 is 0 Å². The lowest BCUT2D eigenvalue weighted by atomic mass is 10.1. The second kappa shape index (κ2) is 7.78. The van der Waals surface area contributed by atoms with Crippen LogP contribution in [0.1, 0.15) is 19.0 Å². The van der Waals surface area contributed by atoms with Gasteiger partial charge < -0.3 is 5.32 Å². The minimum Gasteiger partial charge on any atom is -0.356 e. The third-order valence-electron chi connectivity index (χ3n) is 3.26. The summed E-state index contributed by atoms with van der Waals surface area (Å²) < 4.78 is 4.56. The summed E-state index contributed by atoms with van der Waals surface area (Å²) in [6.45, 7) is 5.74. The summed E-state index contributed by atoms with van der Waals surface area (Å²) in [5.41, 5.74) is 0.968. The molecule has 0 aliphatic carbocycles. The molecule has 1 unspecified atom stereocenters. The first-order valence-electron chi connectivity index (χ1n) is 7.11. The highest BCUT2D eigenvalue weighted by molar-refractivity contribution is 9.10. The number of aromatic nitrogens is 4. The zero-order valence-corrected chi connectivity index (χ0v) is 14.9. The molecule has 1 N–H and O–H groups in total. The second-order valence-electron chi connectivity index (χ2n) is 5.25. The zero-order valence-electron chi connectivity index (χ0n) is 12.6. The largest absolute Gasteiger partial charge is 0.356 e. The average molecular weight is 389 g/mol. The van der Waals surface area contributed by atoms with Crippen molar-refractivity contribution in [2.45, 2.75) is 33.4 Å². The van der Waals surface area contributed by atoms with Crippen molar-refractivity contribution < 1.29 is 4.79 Å². The zero-order chi connectivity index (χ0) is 16.1. The highest BCUT2D eigenvalue weighted by atomic mass is 79.9. The summed E-state index contributed by atoms with van der Waals surface area (Å²) in [4.78, 5) is 12.0. The fourth-order valence-corrected chi connectivity index (χ4v) is 2.51. The van der Waals surface area contributed by atoms with E-state index in [-0.39, 0.29) is 11.8 Å². The molecule has 0 saturated heterocycles. The molecule has 2 rings (SSSR count). The smallest absolute Gasteiger partial charge is 0.224 e. The molecule has 0 fully saturated rings. The van der Waals surface area contributed by atoms with Crippen LogP contribution in [0.4, 0.5) is 0 Å². The van der Waals surface area contributed by atoms with Crippen molar-refractivity contribution in [2.75, 3.05) is 6.54 Å². The Balaban J connectivity index is 1.68. The predicted molar refractivity (Wildman–Crippen MR) is 88.7 cm³/mol. The van der Waals surface area contributed by atoms with Crippen molar-refractivity contribution in [2.24, 2.45) is 5.92 Å². The van der Waals surface area contributed by atoms with Crippen LogP contribution in [0.5, 0.6) is 0 Å². The van der Waals surface area contributed by atoms with E-state index in [0.29, 0.717) is 18.1 Å². The van der Waals surface area contributed by atoms with Gasteiger partial charge in [0.2, 0.25) is 5.91 Å². The first kappa shape index (κ1) is 17.0. The van der Waals surface area contributed by atoms with Gasteiger partial charge in [0, 0.05) is 25.5 Å². The molecule has 8 heteroatoms. The van der Waals surface area contributed by atoms with Crippen molar-refractivity contribution in [1.29, 1.82) is 0 Å². The average Bonchev–Trinajstić information content (AvgIpc) is 3.01. The van der Waals surface area contributed by atoms with Gasteiger partial charge in [0.1, 0.15) is 0 Å². The third-order valence-corrected chi connectivity index (χ3v) is 4.23. The van der Waals surface area contributed by atoms with E-state index in [2.05, 4.69) is 31.4 Å². The Labute approximate surface area is 143 Å². The van der Waals surface area contributed by atoms with Crippen LogP contribution in [0.25, 0.3) is 0 Å². The Hall–Kier alpha value is -1.34. The number of halogens is 2. The fourth-order valence-electron chi connectivity index (χ4n) is 2.04. The fraction of sp³-hybridized carbons (Fsp3) is 0.500. The standard InChI is InChI=1S/C14H19BrClN5O/c1-10(7-21-8-12(16)6-18-21)14(22)17-4-3-5-20-9-13(15)11(2)19-20/h6,8-10H,3-5,7H2,1-2H3,(H,17,22). The first-order valence-corrected chi connectivity index (χ1v) is 8.28. The van der Waals surface area contributed by atoms with E-state index in [1.54, 1.807) is 17.1 Å². The van der Waals surface area contributed by atoms with E-state index in [0.717, 1.165) is 23.1 Å². The van der Waals surface area contributed by atoms with Crippen molar-refractivity contribution >= 4 is 33.4 Å². The molecule has 2 aromatic heterocycles. The van der Waals surface area contributed by atoms with E-state index >= 15 is 0 Å². The number of rotatable bonds is 7. The number of carbonyl (C=O) groups is 1. The molecule has 0 aromatic carbocycles. The van der Waals surface area contributed by atoms with Gasteiger partial charge >= 0.3 is 0 Å². The van der Waals surface area contributed by atoms with Gasteiger partial charge in [0.25, 0.3) is 0 Å². The lowest BCUT2D eigenvalue weighted by molar-refractivity contribution is -0.124. The Morgan fingerprint density at radius 2 is 2.23 bits per heavy atom. The van der Waals surface area contributed by atoms with Crippen LogP contribution < -0.4 is 5.32 Å². The first-order chi connectivity index (χ1) is 10.5. The van der Waals surface area contributed by atoms with Gasteiger partial charge in [-0.3, -0.25) is 14.2 Å². The van der Waals surface area contributed by atoms with Gasteiger partial charge in [-0.1, -0.05) is 18.5 Å². The van der Waals surface area contributed by atoms with E-state index in [1.807, 2.05) is 24.7 Å². The monoisotopic (exact) mass is 387 g/mol. The molecule has 120 valence electrons. The van der Waals surface area contributed by atoms with Crippen LogP contribution >= 0.6 is 27.5 Å². The summed E-state index contributed by atoms with van der Waals surface area (Å²) in [5, 5.41) is 11.9. The lowest BCUT2D eigenvalue weighted by Crippen LogP contribution is -2.32. The van der Waals surface area contributed by atoms with Gasteiger partial charge in [-0.15, -0.1) is 0 Å². The SMILES string of the molecule is Cc1nn(CCCNC(=O)C(C)Cn2cc(Cl)cn2)cc1Br. The highest BCUT2D eigenvalue weighted by Gasteiger charge is 2.13. The quantitative estimate of drug-likeness (QED) is 0.742. The number of amides is 1. The molecule has 0 radical (unpaired) electrons. The summed E-state index contributed by atoms with van der Waals surface area (Å²) >= 11 is 9.23. The number of nitrogens with zero attached hydrogens (tertiary/aromatic N) is 4. The number of hydrogen-bond donors (Lipinski definition) is 1. The van der Waals surface area contributed by atoms with Gasteiger partial charge in [0.05, 0.1) is 33.8 Å². The lowest BCUT2D eigenvalue weighted by Gasteiger charge is -2.12. The van der Waals surface area contributed by atoms with Crippen molar-refractivity contribution in [1.82, 2.24) is 24.9 Å². The maximum Gasteiger partial charge on any atom is 0.224 e. The molecule has 2 aromatic rings. The van der Waals surface area contributed by atoms with Crippen molar-refractivity contribution in [3.05, 3.63) is 33.8 Å². The molecular weight excluding hydrogens is 370 g/mol. The maximum atomic E-state index is 12.0. The van der Waals surface area contributed by atoms with Crippen LogP contribution in [0.3, 0.4) is 0 Å². The normalized spacial score (nSPS) is 12.4. The Kier molecular flexibility index (Phi) is 6.02. The topological polar surface area (TPSA) is 64.7 Å². The predicted octanol–water partition coefficient (Wildman–Crippen LogP) is 2.65. The van der Waals surface area contributed by atoms with Crippen LogP contribution in [-0.4, -0.2) is 32.0 Å². The summed E-state index contributed by atoms with van der Waals surface area (Å²) in [7, 11) is 0. The highest BCUT2D eigenvalue weighted by Crippen LogP contribution is 2.13. The molecule has 0 saturated carbocycles. The molecule has 1 amide bonds. The number of aryl methyl sites for hydroxylation is 2. The van der Waals surface area contributed by atoms with E-state index in [4.69, 9.17) is 11.6 Å². The molecule has 0 bridgehead atoms. The van der Waals surface area contributed by atoms with Crippen LogP contribution in [0.15, 0.2) is 23.1 Å². The van der Waals surface area contributed by atoms with E-state index in [9.17, 15) is 4.79 Å². The van der Waals surface area contributed by atoms with Gasteiger partial charge in [0.15, 0.2) is 0 Å². The summed E-state index contributed by atoms with van der Waals surface area (Å²) in [6.07, 6.45) is 6.06. The van der Waals surface area contributed by atoms with Gasteiger partial charge in [-0.05, 0) is 29.3 Å². The molecular formula is C14H19BrClN5O. The summed E-state index contributed by atoms with van der Waals surface area (Å²) in [5.74, 6) is -0.137.